The third-order valence-corrected chi connectivity index (χ3v) is 5.12. The number of amides is 2. The average Bonchev–Trinajstić information content (AvgIpc) is 2.72. The van der Waals surface area contributed by atoms with Gasteiger partial charge in [-0.2, -0.15) is 0 Å². The normalized spacial score (nSPS) is 11.1. The van der Waals surface area contributed by atoms with Gasteiger partial charge in [-0.1, -0.05) is 13.8 Å². The van der Waals surface area contributed by atoms with Crippen molar-refractivity contribution in [3.05, 3.63) is 59.4 Å². The minimum atomic E-state index is -4.16. The molecule has 2 N–H and O–H groups in total. The van der Waals surface area contributed by atoms with E-state index in [2.05, 4.69) is 10.3 Å². The maximum atomic E-state index is 12.4. The number of hydrogen-bond acceptors (Lipinski definition) is 7. The van der Waals surface area contributed by atoms with E-state index in [1.165, 1.54) is 36.4 Å². The number of carbonyl (C=O) groups is 3. The summed E-state index contributed by atoms with van der Waals surface area (Å²) in [6.45, 7) is 6.23. The Kier molecular flexibility index (Phi) is 7.65. The van der Waals surface area contributed by atoms with Gasteiger partial charge in [0.1, 0.15) is 5.69 Å². The third kappa shape index (κ3) is 6.11. The highest BCUT2D eigenvalue weighted by atomic mass is 32.2. The van der Waals surface area contributed by atoms with Gasteiger partial charge in [0.2, 0.25) is 0 Å². The Morgan fingerprint density at radius 3 is 2.17 bits per heavy atom. The van der Waals surface area contributed by atoms with E-state index in [-0.39, 0.29) is 34.6 Å². The minimum absolute atomic E-state index is 0.0102. The van der Waals surface area contributed by atoms with Crippen LogP contribution in [0.25, 0.3) is 0 Å². The highest BCUT2D eigenvalue weighted by molar-refractivity contribution is 7.90. The lowest BCUT2D eigenvalue weighted by molar-refractivity contribution is 0.0451. The fourth-order valence-corrected chi connectivity index (χ4v) is 3.23. The number of aromatic nitrogens is 1. The monoisotopic (exact) mass is 433 g/mol. The van der Waals surface area contributed by atoms with E-state index in [1.54, 1.807) is 6.92 Å². The van der Waals surface area contributed by atoms with Crippen LogP contribution in [-0.4, -0.2) is 44.3 Å². The smallest absolute Gasteiger partial charge is 0.356 e. The third-order valence-electron chi connectivity index (χ3n) is 3.77. The molecule has 2 amide bonds. The number of benzene rings is 1. The molecule has 0 radical (unpaired) electrons. The first kappa shape index (κ1) is 23.0. The number of nitrogens with one attached hydrogen (secondary N) is 2. The van der Waals surface area contributed by atoms with Gasteiger partial charge in [-0.3, -0.25) is 9.59 Å². The molecule has 1 heterocycles. The lowest BCUT2D eigenvalue weighted by atomic mass is 10.2. The number of esters is 1. The van der Waals surface area contributed by atoms with E-state index < -0.39 is 21.9 Å². The summed E-state index contributed by atoms with van der Waals surface area (Å²) in [5.74, 6) is -1.70. The highest BCUT2D eigenvalue weighted by Gasteiger charge is 2.20. The molecule has 0 unspecified atom stereocenters. The van der Waals surface area contributed by atoms with E-state index in [0.717, 1.165) is 6.20 Å². The Labute approximate surface area is 174 Å². The molecule has 1 aromatic carbocycles. The molecule has 0 aliphatic heterocycles. The van der Waals surface area contributed by atoms with Crippen molar-refractivity contribution in [2.45, 2.75) is 25.7 Å². The summed E-state index contributed by atoms with van der Waals surface area (Å²) < 4.78 is 31.8. The first-order valence-corrected chi connectivity index (χ1v) is 10.7. The molecular weight excluding hydrogens is 410 g/mol. The number of ether oxygens (including phenoxy) is 1. The first-order chi connectivity index (χ1) is 14.1. The number of nitrogens with zero attached hydrogens (tertiary/aromatic N) is 1. The van der Waals surface area contributed by atoms with Gasteiger partial charge in [-0.25, -0.2) is 22.9 Å². The Morgan fingerprint density at radius 1 is 1.00 bits per heavy atom. The summed E-state index contributed by atoms with van der Waals surface area (Å²) in [4.78, 5) is 39.6. The van der Waals surface area contributed by atoms with Crippen LogP contribution in [-0.2, 0) is 14.8 Å². The molecule has 1 aromatic heterocycles. The van der Waals surface area contributed by atoms with Crippen molar-refractivity contribution >= 4 is 27.8 Å². The predicted octanol–water partition coefficient (Wildman–Crippen LogP) is 1.76. The molecule has 0 saturated heterocycles. The second-order valence-corrected chi connectivity index (χ2v) is 8.43. The lowest BCUT2D eigenvalue weighted by Gasteiger charge is -2.09. The second kappa shape index (κ2) is 9.97. The van der Waals surface area contributed by atoms with Crippen molar-refractivity contribution in [3.8, 4) is 0 Å². The molecule has 2 rings (SSSR count). The van der Waals surface area contributed by atoms with Crippen LogP contribution in [0.15, 0.2) is 47.5 Å². The van der Waals surface area contributed by atoms with Gasteiger partial charge >= 0.3 is 5.97 Å². The zero-order chi connectivity index (χ0) is 22.3. The molecule has 160 valence electrons. The molecule has 0 spiro atoms. The van der Waals surface area contributed by atoms with Crippen LogP contribution in [0.1, 0.15) is 52.0 Å². The predicted molar refractivity (Wildman–Crippen MR) is 108 cm³/mol. The molecule has 2 aromatic rings. The second-order valence-electron chi connectivity index (χ2n) is 6.74. The highest BCUT2D eigenvalue weighted by Crippen LogP contribution is 2.12. The van der Waals surface area contributed by atoms with Gasteiger partial charge in [0.25, 0.3) is 21.8 Å². The molecule has 10 heteroatoms. The van der Waals surface area contributed by atoms with Gasteiger partial charge in [0.05, 0.1) is 17.1 Å². The Bertz CT molecular complexity index is 1020. The van der Waals surface area contributed by atoms with E-state index in [4.69, 9.17) is 4.74 Å². The van der Waals surface area contributed by atoms with E-state index in [0.29, 0.717) is 12.1 Å². The fourth-order valence-electron chi connectivity index (χ4n) is 2.25. The van der Waals surface area contributed by atoms with Crippen LogP contribution in [0.4, 0.5) is 0 Å². The van der Waals surface area contributed by atoms with Crippen molar-refractivity contribution in [3.63, 3.8) is 0 Å². The molecule has 0 aliphatic rings. The van der Waals surface area contributed by atoms with E-state index in [1.807, 2.05) is 18.6 Å². The summed E-state index contributed by atoms with van der Waals surface area (Å²) >= 11 is 0. The standard InChI is InChI=1S/C20H23N3O6S/c1-4-21-18(24)14-5-8-16(9-6-14)30(27,28)23-19(25)15-7-10-17(22-11-15)20(26)29-12-13(2)3/h5-11,13H,4,12H2,1-3H3,(H,21,24)(H,23,25). The largest absolute Gasteiger partial charge is 0.461 e. The zero-order valence-corrected chi connectivity index (χ0v) is 17.7. The quantitative estimate of drug-likeness (QED) is 0.606. The number of sulfonamides is 1. The van der Waals surface area contributed by atoms with E-state index >= 15 is 0 Å². The minimum Gasteiger partial charge on any atom is -0.461 e. The maximum Gasteiger partial charge on any atom is 0.356 e. The number of rotatable bonds is 8. The van der Waals surface area contributed by atoms with Gasteiger partial charge < -0.3 is 10.1 Å². The van der Waals surface area contributed by atoms with Crippen LogP contribution in [0, 0.1) is 5.92 Å². The summed E-state index contributed by atoms with van der Waals surface area (Å²) in [6.07, 6.45) is 1.09. The van der Waals surface area contributed by atoms with Gasteiger partial charge in [-0.15, -0.1) is 0 Å². The average molecular weight is 433 g/mol. The summed E-state index contributed by atoms with van der Waals surface area (Å²) in [5.41, 5.74) is 0.264. The van der Waals surface area contributed by atoms with Crippen molar-refractivity contribution in [2.24, 2.45) is 5.92 Å². The molecular formula is C20H23N3O6S. The Balaban J connectivity index is 2.07. The van der Waals surface area contributed by atoms with Crippen molar-refractivity contribution < 1.29 is 27.5 Å². The Morgan fingerprint density at radius 2 is 1.63 bits per heavy atom. The molecule has 0 aliphatic carbocycles. The molecule has 0 saturated carbocycles. The molecule has 0 fully saturated rings. The molecule has 30 heavy (non-hydrogen) atoms. The van der Waals surface area contributed by atoms with Crippen molar-refractivity contribution in [1.82, 2.24) is 15.0 Å². The topological polar surface area (TPSA) is 132 Å². The first-order valence-electron chi connectivity index (χ1n) is 9.22. The van der Waals surface area contributed by atoms with E-state index in [9.17, 15) is 22.8 Å². The SMILES string of the molecule is CCNC(=O)c1ccc(S(=O)(=O)NC(=O)c2ccc(C(=O)OCC(C)C)nc2)cc1. The summed E-state index contributed by atoms with van der Waals surface area (Å²) in [5, 5.41) is 2.60. The maximum absolute atomic E-state index is 12.4. The van der Waals surface area contributed by atoms with Crippen molar-refractivity contribution in [2.75, 3.05) is 13.2 Å². The van der Waals surface area contributed by atoms with Gasteiger partial charge in [0, 0.05) is 18.3 Å². The molecule has 0 bridgehead atoms. The van der Waals surface area contributed by atoms with Crippen LogP contribution in [0.2, 0.25) is 0 Å². The lowest BCUT2D eigenvalue weighted by Crippen LogP contribution is -2.31. The summed E-state index contributed by atoms with van der Waals surface area (Å²) in [7, 11) is -4.16. The van der Waals surface area contributed by atoms with Crippen LogP contribution < -0.4 is 10.0 Å². The number of carbonyl (C=O) groups excluding carboxylic acids is 3. The van der Waals surface area contributed by atoms with Crippen molar-refractivity contribution in [1.29, 1.82) is 0 Å². The van der Waals surface area contributed by atoms with Gasteiger partial charge in [0.15, 0.2) is 0 Å². The van der Waals surface area contributed by atoms with Gasteiger partial charge in [-0.05, 0) is 49.2 Å². The Hall–Kier alpha value is -3.27. The molecule has 0 atom stereocenters. The zero-order valence-electron chi connectivity index (χ0n) is 16.8. The van der Waals surface area contributed by atoms with Crippen LogP contribution in [0.3, 0.4) is 0 Å². The molecule has 9 nitrogen and oxygen atoms in total. The fraction of sp³-hybridized carbons (Fsp3) is 0.300. The number of hydrogen-bond donors (Lipinski definition) is 2. The van der Waals surface area contributed by atoms with Crippen LogP contribution >= 0.6 is 0 Å². The van der Waals surface area contributed by atoms with Crippen LogP contribution in [0.5, 0.6) is 0 Å². The summed E-state index contributed by atoms with van der Waals surface area (Å²) in [6, 6.07) is 7.72. The number of pyridine rings is 1.